The van der Waals surface area contributed by atoms with E-state index < -0.39 is 0 Å². The first kappa shape index (κ1) is 27.1. The third kappa shape index (κ3) is 4.74. The van der Waals surface area contributed by atoms with Gasteiger partial charge in [0.15, 0.2) is 0 Å². The second kappa shape index (κ2) is 10.8. The molecule has 0 aliphatic heterocycles. The van der Waals surface area contributed by atoms with Crippen LogP contribution in [0.5, 0.6) is 0 Å². The Morgan fingerprint density at radius 2 is 1.74 bits per heavy atom. The van der Waals surface area contributed by atoms with Crippen LogP contribution in [0.4, 0.5) is 0 Å². The maximum Gasteiger partial charge on any atom is 0.305 e. The van der Waals surface area contributed by atoms with Gasteiger partial charge in [-0.3, -0.25) is 9.59 Å². The van der Waals surface area contributed by atoms with Crippen LogP contribution >= 0.6 is 0 Å². The molecule has 4 saturated carbocycles. The van der Waals surface area contributed by atoms with Gasteiger partial charge >= 0.3 is 5.97 Å². The van der Waals surface area contributed by atoms with Crippen molar-refractivity contribution in [3.8, 4) is 0 Å². The topological polar surface area (TPSA) is 61.8 Å². The minimum Gasteiger partial charge on any atom is -0.466 e. The van der Waals surface area contributed by atoms with Gasteiger partial charge in [0.05, 0.1) is 12.7 Å². The van der Waals surface area contributed by atoms with E-state index in [1.165, 1.54) is 32.1 Å². The molecular weight excluding hydrogens is 440 g/mol. The summed E-state index contributed by atoms with van der Waals surface area (Å²) in [5, 5.41) is 0. The first-order valence-corrected chi connectivity index (χ1v) is 14.5. The van der Waals surface area contributed by atoms with Gasteiger partial charge in [-0.25, -0.2) is 0 Å². The van der Waals surface area contributed by atoms with Gasteiger partial charge in [-0.2, -0.15) is 0 Å². The van der Waals surface area contributed by atoms with Gasteiger partial charge in [-0.15, -0.1) is 0 Å². The van der Waals surface area contributed by atoms with E-state index in [9.17, 15) is 9.59 Å². The molecule has 200 valence electrons. The van der Waals surface area contributed by atoms with E-state index in [2.05, 4.69) is 27.7 Å². The number of fused-ring (bicyclic) bond motifs is 5. The zero-order valence-corrected chi connectivity index (χ0v) is 23.1. The van der Waals surface area contributed by atoms with Crippen molar-refractivity contribution in [2.45, 2.75) is 105 Å². The summed E-state index contributed by atoms with van der Waals surface area (Å²) in [5.41, 5.74) is 0.451. The highest BCUT2D eigenvalue weighted by molar-refractivity contribution is 5.86. The van der Waals surface area contributed by atoms with E-state index in [1.807, 2.05) is 6.92 Å². The number of methoxy groups -OCH3 is 1. The van der Waals surface area contributed by atoms with Crippen molar-refractivity contribution in [1.82, 2.24) is 0 Å². The van der Waals surface area contributed by atoms with Crippen LogP contribution in [0.15, 0.2) is 0 Å². The molecule has 0 saturated heterocycles. The van der Waals surface area contributed by atoms with Crippen molar-refractivity contribution >= 4 is 11.8 Å². The van der Waals surface area contributed by atoms with E-state index in [0.717, 1.165) is 25.7 Å². The minimum atomic E-state index is -0.0694. The van der Waals surface area contributed by atoms with E-state index >= 15 is 0 Å². The predicted octanol–water partition coefficient (Wildman–Crippen LogP) is 6.43. The Kier molecular flexibility index (Phi) is 8.37. The Labute approximate surface area is 213 Å². The van der Waals surface area contributed by atoms with Gasteiger partial charge in [0.25, 0.3) is 0 Å². The highest BCUT2D eigenvalue weighted by Crippen LogP contribution is 2.68. The smallest absolute Gasteiger partial charge is 0.305 e. The molecule has 0 aromatic rings. The van der Waals surface area contributed by atoms with Crippen LogP contribution in [0.25, 0.3) is 0 Å². The zero-order valence-electron chi connectivity index (χ0n) is 23.1. The second-order valence-corrected chi connectivity index (χ2v) is 12.8. The molecule has 10 atom stereocenters. The molecule has 0 aromatic heterocycles. The number of Topliss-reactive ketones (excluding diaryl/α,β-unsaturated/α-hetero) is 1. The summed E-state index contributed by atoms with van der Waals surface area (Å²) in [7, 11) is 1.68. The molecule has 35 heavy (non-hydrogen) atoms. The van der Waals surface area contributed by atoms with Gasteiger partial charge in [0.1, 0.15) is 12.6 Å². The van der Waals surface area contributed by atoms with Crippen LogP contribution in [0, 0.1) is 52.3 Å². The van der Waals surface area contributed by atoms with Crippen LogP contribution in [0.1, 0.15) is 98.8 Å². The largest absolute Gasteiger partial charge is 0.466 e. The molecule has 4 fully saturated rings. The number of esters is 1. The highest BCUT2D eigenvalue weighted by atomic mass is 16.7. The molecule has 0 bridgehead atoms. The fourth-order valence-corrected chi connectivity index (χ4v) is 9.69. The van der Waals surface area contributed by atoms with Crippen molar-refractivity contribution in [2.24, 2.45) is 52.3 Å². The third-order valence-electron chi connectivity index (χ3n) is 11.4. The molecule has 0 amide bonds. The first-order valence-electron chi connectivity index (χ1n) is 14.5. The molecule has 5 heteroatoms. The lowest BCUT2D eigenvalue weighted by molar-refractivity contribution is -0.181. The lowest BCUT2D eigenvalue weighted by Gasteiger charge is -2.62. The van der Waals surface area contributed by atoms with Crippen molar-refractivity contribution in [3.63, 3.8) is 0 Å². The maximum absolute atomic E-state index is 14.2. The summed E-state index contributed by atoms with van der Waals surface area (Å²) in [6, 6.07) is 0. The molecule has 4 aliphatic carbocycles. The highest BCUT2D eigenvalue weighted by Gasteiger charge is 2.65. The summed E-state index contributed by atoms with van der Waals surface area (Å²) >= 11 is 0. The summed E-state index contributed by atoms with van der Waals surface area (Å²) in [6.45, 7) is 12.2. The van der Waals surface area contributed by atoms with Crippen molar-refractivity contribution in [2.75, 3.05) is 20.5 Å². The van der Waals surface area contributed by atoms with Crippen molar-refractivity contribution in [1.29, 1.82) is 0 Å². The SMILES string of the molecule is CCOC(=O)CCC(C)[C@H]1CC[C@H]2[C@@H]3C(=O)[C@H](CC)[C@@H]4C[C@H](OCOC)CC[C@]4(C)[C@H]3CC[C@]12C. The summed E-state index contributed by atoms with van der Waals surface area (Å²) in [6.07, 6.45) is 10.6. The Hall–Kier alpha value is -0.940. The second-order valence-electron chi connectivity index (χ2n) is 12.8. The van der Waals surface area contributed by atoms with E-state index in [4.69, 9.17) is 14.2 Å². The average Bonchev–Trinajstić information content (AvgIpc) is 3.19. The molecule has 0 aromatic carbocycles. The quantitative estimate of drug-likeness (QED) is 0.275. The molecule has 4 aliphatic rings. The summed E-state index contributed by atoms with van der Waals surface area (Å²) in [5.74, 6) is 3.42. The van der Waals surface area contributed by atoms with E-state index in [0.29, 0.717) is 55.2 Å². The van der Waals surface area contributed by atoms with Gasteiger partial charge in [0, 0.05) is 25.4 Å². The molecule has 0 spiro atoms. The number of carbonyl (C=O) groups excluding carboxylic acids is 2. The van der Waals surface area contributed by atoms with Crippen LogP contribution in [-0.4, -0.2) is 38.4 Å². The fourth-order valence-electron chi connectivity index (χ4n) is 9.69. The molecule has 4 rings (SSSR count). The lowest BCUT2D eigenvalue weighted by Crippen LogP contribution is -2.60. The number of rotatable bonds is 9. The number of hydrogen-bond acceptors (Lipinski definition) is 5. The van der Waals surface area contributed by atoms with Crippen LogP contribution < -0.4 is 0 Å². The molecule has 1 unspecified atom stereocenters. The molecular formula is C30H50O5. The van der Waals surface area contributed by atoms with E-state index in [-0.39, 0.29) is 34.7 Å². The fraction of sp³-hybridized carbons (Fsp3) is 0.933. The Bertz CT molecular complexity index is 766. The van der Waals surface area contributed by atoms with Gasteiger partial charge in [0.2, 0.25) is 0 Å². The van der Waals surface area contributed by atoms with Crippen LogP contribution in [0.2, 0.25) is 0 Å². The first-order chi connectivity index (χ1) is 16.7. The Morgan fingerprint density at radius 3 is 2.43 bits per heavy atom. The average molecular weight is 491 g/mol. The molecule has 5 nitrogen and oxygen atoms in total. The number of ketones is 1. The minimum absolute atomic E-state index is 0.0694. The summed E-state index contributed by atoms with van der Waals surface area (Å²) < 4.78 is 16.4. The molecule has 0 radical (unpaired) electrons. The number of ether oxygens (including phenoxy) is 3. The van der Waals surface area contributed by atoms with E-state index in [1.54, 1.807) is 7.11 Å². The van der Waals surface area contributed by atoms with Gasteiger partial charge in [-0.05, 0) is 105 Å². The maximum atomic E-state index is 14.2. The predicted molar refractivity (Wildman–Crippen MR) is 137 cm³/mol. The van der Waals surface area contributed by atoms with Crippen LogP contribution in [-0.2, 0) is 23.8 Å². The Morgan fingerprint density at radius 1 is 1.03 bits per heavy atom. The van der Waals surface area contributed by atoms with Crippen molar-refractivity contribution in [3.05, 3.63) is 0 Å². The van der Waals surface area contributed by atoms with Crippen LogP contribution in [0.3, 0.4) is 0 Å². The standard InChI is InChI=1S/C30H50O5/c1-7-21-25-17-20(35-18-33-6)13-15-30(25,5)24-14-16-29(4)22(10-11-23(29)27(24)28(21)32)19(3)9-12-26(31)34-8-2/h19-25,27H,7-18H2,1-6H3/t19?,20-,21-,22-,23+,24+,25+,27+,29-,30-/m1/s1. The monoisotopic (exact) mass is 490 g/mol. The number of carbonyl (C=O) groups is 2. The van der Waals surface area contributed by atoms with Gasteiger partial charge < -0.3 is 14.2 Å². The van der Waals surface area contributed by atoms with Crippen molar-refractivity contribution < 1.29 is 23.8 Å². The third-order valence-corrected chi connectivity index (χ3v) is 11.4. The normalized spacial score (nSPS) is 43.7. The lowest BCUT2D eigenvalue weighted by atomic mass is 9.42. The molecule has 0 heterocycles. The molecule has 0 N–H and O–H groups in total. The Balaban J connectivity index is 1.53. The zero-order chi connectivity index (χ0) is 25.4. The van der Waals surface area contributed by atoms with Gasteiger partial charge in [-0.1, -0.05) is 27.7 Å². The number of hydrogen-bond donors (Lipinski definition) is 0. The summed E-state index contributed by atoms with van der Waals surface area (Å²) in [4.78, 5) is 26.2.